The first-order valence-electron chi connectivity index (χ1n) is 11.8. The number of aliphatic carboxylic acids is 1. The lowest BCUT2D eigenvalue weighted by atomic mass is 9.85. The molecule has 0 bridgehead atoms. The minimum atomic E-state index is -5.08. The van der Waals surface area contributed by atoms with Gasteiger partial charge in [0.15, 0.2) is 11.6 Å². The monoisotopic (exact) mass is 560 g/mol. The van der Waals surface area contributed by atoms with Crippen molar-refractivity contribution in [1.82, 2.24) is 15.5 Å². The number of hydrogen-bond donors (Lipinski definition) is 3. The Hall–Kier alpha value is -3.81. The predicted molar refractivity (Wildman–Crippen MR) is 127 cm³/mol. The number of amides is 2. The molecule has 0 unspecified atom stereocenters. The average molecular weight is 560 g/mol. The van der Waals surface area contributed by atoms with Crippen LogP contribution >= 0.6 is 0 Å². The molecule has 4 rings (SSSR count). The van der Waals surface area contributed by atoms with Crippen LogP contribution in [0.3, 0.4) is 0 Å². The van der Waals surface area contributed by atoms with Crippen LogP contribution in [-0.2, 0) is 9.59 Å². The first kappa shape index (κ1) is 29.7. The minimum absolute atomic E-state index is 0.0545. The molecule has 0 aliphatic carbocycles. The van der Waals surface area contributed by atoms with Crippen LogP contribution in [0.1, 0.15) is 30.1 Å². The highest BCUT2D eigenvalue weighted by Gasteiger charge is 2.50. The third kappa shape index (κ3) is 7.19. The molecule has 2 aliphatic heterocycles. The molecule has 39 heavy (non-hydrogen) atoms. The number of anilines is 1. The Kier molecular flexibility index (Phi) is 9.10. The summed E-state index contributed by atoms with van der Waals surface area (Å²) in [5.41, 5.74) is 0.00765. The van der Waals surface area contributed by atoms with Gasteiger partial charge in [0.05, 0.1) is 6.67 Å². The number of rotatable bonds is 5. The number of hydrogen-bond acceptors (Lipinski definition) is 5. The number of carbonyl (C=O) groups excluding carboxylic acids is 2. The van der Waals surface area contributed by atoms with E-state index in [9.17, 15) is 35.9 Å². The van der Waals surface area contributed by atoms with Crippen molar-refractivity contribution in [2.45, 2.75) is 37.5 Å². The Balaban J connectivity index is 0.000000532. The summed E-state index contributed by atoms with van der Waals surface area (Å²) in [6.07, 6.45) is -3.95. The predicted octanol–water partition coefficient (Wildman–Crippen LogP) is 3.28. The number of carbonyl (C=O) groups is 3. The maximum Gasteiger partial charge on any atom is 0.490 e. The quantitative estimate of drug-likeness (QED) is 0.486. The SMILES string of the molecule is C[C@@H](CN1CCC2(CC1)C(=O)NCN2c1cccc(F)c1)NC(=O)c1ccc(F)c(F)c1.O=C(O)C(F)(F)F. The number of benzene rings is 2. The van der Waals surface area contributed by atoms with Gasteiger partial charge in [-0.2, -0.15) is 13.2 Å². The molecule has 0 aromatic heterocycles. The van der Waals surface area contributed by atoms with Gasteiger partial charge in [-0.25, -0.2) is 18.0 Å². The van der Waals surface area contributed by atoms with Gasteiger partial charge in [0.25, 0.3) is 5.91 Å². The van der Waals surface area contributed by atoms with Crippen LogP contribution in [-0.4, -0.2) is 71.9 Å². The van der Waals surface area contributed by atoms with E-state index in [1.165, 1.54) is 18.2 Å². The second-order valence-electron chi connectivity index (χ2n) is 9.21. The number of piperidine rings is 1. The van der Waals surface area contributed by atoms with Gasteiger partial charge in [-0.1, -0.05) is 6.07 Å². The van der Waals surface area contributed by atoms with E-state index in [0.717, 1.165) is 12.1 Å². The van der Waals surface area contributed by atoms with Crippen molar-refractivity contribution in [3.63, 3.8) is 0 Å². The third-order valence-corrected chi connectivity index (χ3v) is 6.47. The zero-order chi connectivity index (χ0) is 29.0. The number of nitrogens with one attached hydrogen (secondary N) is 2. The van der Waals surface area contributed by atoms with Crippen LogP contribution in [0.4, 0.5) is 32.0 Å². The summed E-state index contributed by atoms with van der Waals surface area (Å²) in [7, 11) is 0. The van der Waals surface area contributed by atoms with E-state index < -0.39 is 35.2 Å². The van der Waals surface area contributed by atoms with E-state index in [1.54, 1.807) is 12.1 Å². The number of halogens is 6. The second-order valence-corrected chi connectivity index (χ2v) is 9.21. The van der Waals surface area contributed by atoms with Crippen LogP contribution in [0, 0.1) is 17.5 Å². The second kappa shape index (κ2) is 11.9. The lowest BCUT2D eigenvalue weighted by molar-refractivity contribution is -0.192. The van der Waals surface area contributed by atoms with Gasteiger partial charge in [0.1, 0.15) is 11.4 Å². The molecule has 2 aromatic rings. The lowest BCUT2D eigenvalue weighted by Crippen LogP contribution is -2.57. The number of likely N-dealkylation sites (tertiary alicyclic amines) is 1. The highest BCUT2D eigenvalue weighted by molar-refractivity contribution is 5.94. The molecule has 2 aliphatic rings. The standard InChI is InChI=1S/C23H25F3N4O2.C2HF3O2/c1-15(28-21(31)16-5-6-19(25)20(26)11-16)13-29-9-7-23(8-10-29)22(32)27-14-30(23)18-4-2-3-17(24)12-18;3-2(4,5)1(6)7/h2-6,11-12,15H,7-10,13-14H2,1H3,(H,27,32)(H,28,31);(H,6,7)/t15-;/m0./s1. The van der Waals surface area contributed by atoms with Crippen LogP contribution in [0.5, 0.6) is 0 Å². The highest BCUT2D eigenvalue weighted by Crippen LogP contribution is 2.36. The van der Waals surface area contributed by atoms with Gasteiger partial charge in [0.2, 0.25) is 5.91 Å². The van der Waals surface area contributed by atoms with E-state index in [1.807, 2.05) is 11.8 Å². The molecule has 0 saturated carbocycles. The highest BCUT2D eigenvalue weighted by atomic mass is 19.4. The summed E-state index contributed by atoms with van der Waals surface area (Å²) >= 11 is 0. The Morgan fingerprint density at radius 3 is 2.28 bits per heavy atom. The molecule has 2 saturated heterocycles. The van der Waals surface area contributed by atoms with Crippen molar-refractivity contribution in [2.75, 3.05) is 31.2 Å². The van der Waals surface area contributed by atoms with Gasteiger partial charge in [0, 0.05) is 36.9 Å². The largest absolute Gasteiger partial charge is 0.490 e. The van der Waals surface area contributed by atoms with Crippen molar-refractivity contribution in [3.05, 3.63) is 65.5 Å². The van der Waals surface area contributed by atoms with Crippen molar-refractivity contribution in [2.24, 2.45) is 0 Å². The Morgan fingerprint density at radius 2 is 1.72 bits per heavy atom. The summed E-state index contributed by atoms with van der Waals surface area (Å²) in [5, 5.41) is 12.8. The van der Waals surface area contributed by atoms with Gasteiger partial charge < -0.3 is 25.5 Å². The molecule has 14 heteroatoms. The van der Waals surface area contributed by atoms with Crippen LogP contribution < -0.4 is 15.5 Å². The van der Waals surface area contributed by atoms with E-state index >= 15 is 0 Å². The van der Waals surface area contributed by atoms with E-state index in [4.69, 9.17) is 9.90 Å². The van der Waals surface area contributed by atoms with Crippen LogP contribution in [0.2, 0.25) is 0 Å². The van der Waals surface area contributed by atoms with E-state index in [-0.39, 0.29) is 23.3 Å². The maximum absolute atomic E-state index is 13.7. The molecule has 2 amide bonds. The van der Waals surface area contributed by atoms with Gasteiger partial charge in [-0.15, -0.1) is 0 Å². The topological polar surface area (TPSA) is 102 Å². The Labute approximate surface area is 219 Å². The van der Waals surface area contributed by atoms with Gasteiger partial charge in [-0.3, -0.25) is 9.59 Å². The number of carboxylic acid groups (broad SMARTS) is 1. The van der Waals surface area contributed by atoms with Crippen molar-refractivity contribution in [1.29, 1.82) is 0 Å². The molecule has 212 valence electrons. The van der Waals surface area contributed by atoms with E-state index in [0.29, 0.717) is 44.8 Å². The maximum atomic E-state index is 13.7. The smallest absolute Gasteiger partial charge is 0.475 e. The molecule has 1 atom stereocenters. The summed E-state index contributed by atoms with van der Waals surface area (Å²) in [6, 6.07) is 9.05. The Morgan fingerprint density at radius 1 is 1.08 bits per heavy atom. The zero-order valence-corrected chi connectivity index (χ0v) is 20.7. The summed E-state index contributed by atoms with van der Waals surface area (Å²) < 4.78 is 71.9. The molecule has 2 heterocycles. The van der Waals surface area contributed by atoms with Crippen molar-refractivity contribution in [3.8, 4) is 0 Å². The fourth-order valence-electron chi connectivity index (χ4n) is 4.55. The summed E-state index contributed by atoms with van der Waals surface area (Å²) in [5.74, 6) is -5.70. The van der Waals surface area contributed by atoms with Gasteiger partial charge in [-0.05, 0) is 56.2 Å². The molecule has 2 fully saturated rings. The molecular weight excluding hydrogens is 534 g/mol. The van der Waals surface area contributed by atoms with Gasteiger partial charge >= 0.3 is 12.1 Å². The third-order valence-electron chi connectivity index (χ3n) is 6.47. The van der Waals surface area contributed by atoms with Crippen molar-refractivity contribution >= 4 is 23.5 Å². The first-order valence-corrected chi connectivity index (χ1v) is 11.8. The van der Waals surface area contributed by atoms with Crippen LogP contribution in [0.25, 0.3) is 0 Å². The number of nitrogens with zero attached hydrogens (tertiary/aromatic N) is 2. The normalized spacial score (nSPS) is 17.7. The minimum Gasteiger partial charge on any atom is -0.475 e. The van der Waals surface area contributed by atoms with Crippen LogP contribution in [0.15, 0.2) is 42.5 Å². The summed E-state index contributed by atoms with van der Waals surface area (Å²) in [4.78, 5) is 38.0. The molecule has 2 aromatic carbocycles. The molecular formula is C25H26F6N4O4. The lowest BCUT2D eigenvalue weighted by Gasteiger charge is -2.43. The molecule has 3 N–H and O–H groups in total. The molecule has 0 radical (unpaired) electrons. The first-order chi connectivity index (χ1) is 18.2. The molecule has 8 nitrogen and oxygen atoms in total. The van der Waals surface area contributed by atoms with Crippen molar-refractivity contribution < 1.29 is 45.8 Å². The number of carboxylic acids is 1. The fourth-order valence-corrected chi connectivity index (χ4v) is 4.55. The summed E-state index contributed by atoms with van der Waals surface area (Å²) in [6.45, 7) is 3.98. The fraction of sp³-hybridized carbons (Fsp3) is 0.400. The zero-order valence-electron chi connectivity index (χ0n) is 20.7. The molecule has 1 spiro atoms. The average Bonchev–Trinajstić information content (AvgIpc) is 3.17. The number of alkyl halides is 3. The Bertz CT molecular complexity index is 1220. The van der Waals surface area contributed by atoms with E-state index in [2.05, 4.69) is 15.5 Å².